The van der Waals surface area contributed by atoms with Gasteiger partial charge in [-0.05, 0) is 55.3 Å². The molecule has 1 fully saturated rings. The first kappa shape index (κ1) is 21.6. The van der Waals surface area contributed by atoms with E-state index in [1.165, 1.54) is 16.4 Å². The molecule has 2 heterocycles. The Morgan fingerprint density at radius 3 is 2.55 bits per heavy atom. The zero-order valence-corrected chi connectivity index (χ0v) is 18.7. The lowest BCUT2D eigenvalue weighted by Gasteiger charge is -2.30. The molecule has 1 atom stereocenters. The van der Waals surface area contributed by atoms with Crippen molar-refractivity contribution >= 4 is 21.6 Å². The first-order valence-electron chi connectivity index (χ1n) is 9.74. The number of nitrogens with zero attached hydrogens (tertiary/aromatic N) is 3. The monoisotopic (exact) mass is 463 g/mol. The van der Waals surface area contributed by atoms with Crippen molar-refractivity contribution in [3.05, 3.63) is 53.4 Å². The number of aromatic nitrogens is 2. The number of sulfonamides is 1. The SMILES string of the molecule is COc1ccc(-c2noc(C3CCCN(S(=O)(=O)c4ccc(Cl)cc4)C3)n2)cc1OC. The van der Waals surface area contributed by atoms with E-state index >= 15 is 0 Å². The Bertz CT molecular complexity index is 1160. The summed E-state index contributed by atoms with van der Waals surface area (Å²) < 4.78 is 43.6. The van der Waals surface area contributed by atoms with E-state index in [0.717, 1.165) is 6.42 Å². The second kappa shape index (κ2) is 8.86. The molecule has 164 valence electrons. The van der Waals surface area contributed by atoms with Gasteiger partial charge >= 0.3 is 0 Å². The van der Waals surface area contributed by atoms with Gasteiger partial charge in [-0.1, -0.05) is 16.8 Å². The number of benzene rings is 2. The molecule has 1 aliphatic rings. The van der Waals surface area contributed by atoms with Gasteiger partial charge < -0.3 is 14.0 Å². The second-order valence-electron chi connectivity index (χ2n) is 7.18. The minimum atomic E-state index is -3.63. The summed E-state index contributed by atoms with van der Waals surface area (Å²) in [4.78, 5) is 4.74. The molecule has 31 heavy (non-hydrogen) atoms. The van der Waals surface area contributed by atoms with E-state index in [0.29, 0.717) is 46.8 Å². The number of hydrogen-bond acceptors (Lipinski definition) is 7. The Balaban J connectivity index is 1.55. The molecule has 3 aromatic rings. The van der Waals surface area contributed by atoms with Gasteiger partial charge in [-0.25, -0.2) is 8.42 Å². The topological polar surface area (TPSA) is 94.8 Å². The average molecular weight is 464 g/mol. The highest BCUT2D eigenvalue weighted by Crippen LogP contribution is 2.33. The summed E-state index contributed by atoms with van der Waals surface area (Å²) >= 11 is 5.89. The van der Waals surface area contributed by atoms with Crippen LogP contribution >= 0.6 is 11.6 Å². The highest BCUT2D eigenvalue weighted by Gasteiger charge is 2.33. The summed E-state index contributed by atoms with van der Waals surface area (Å²) in [6.45, 7) is 0.719. The number of halogens is 1. The van der Waals surface area contributed by atoms with Gasteiger partial charge in [0.15, 0.2) is 11.5 Å². The summed E-state index contributed by atoms with van der Waals surface area (Å²) in [7, 11) is -0.504. The van der Waals surface area contributed by atoms with Gasteiger partial charge in [-0.15, -0.1) is 0 Å². The molecular weight excluding hydrogens is 442 g/mol. The van der Waals surface area contributed by atoms with Crippen molar-refractivity contribution < 1.29 is 22.4 Å². The molecule has 8 nitrogen and oxygen atoms in total. The molecule has 0 amide bonds. The van der Waals surface area contributed by atoms with Crippen molar-refractivity contribution in [1.29, 1.82) is 0 Å². The van der Waals surface area contributed by atoms with Crippen LogP contribution in [0.15, 0.2) is 51.9 Å². The molecule has 0 bridgehead atoms. The van der Waals surface area contributed by atoms with Crippen LogP contribution in [-0.4, -0.2) is 50.2 Å². The molecule has 4 rings (SSSR count). The Morgan fingerprint density at radius 1 is 1.10 bits per heavy atom. The zero-order chi connectivity index (χ0) is 22.0. The fourth-order valence-electron chi connectivity index (χ4n) is 3.61. The van der Waals surface area contributed by atoms with Crippen LogP contribution in [0.25, 0.3) is 11.4 Å². The lowest BCUT2D eigenvalue weighted by Crippen LogP contribution is -2.39. The number of methoxy groups -OCH3 is 2. The first-order valence-corrected chi connectivity index (χ1v) is 11.6. The van der Waals surface area contributed by atoms with Gasteiger partial charge in [0, 0.05) is 23.7 Å². The van der Waals surface area contributed by atoms with E-state index in [9.17, 15) is 8.42 Å². The van der Waals surface area contributed by atoms with Crippen LogP contribution in [0, 0.1) is 0 Å². The summed E-state index contributed by atoms with van der Waals surface area (Å²) in [6.07, 6.45) is 1.46. The van der Waals surface area contributed by atoms with Crippen molar-refractivity contribution in [3.8, 4) is 22.9 Å². The van der Waals surface area contributed by atoms with Gasteiger partial charge in [0.05, 0.1) is 25.0 Å². The largest absolute Gasteiger partial charge is 0.493 e. The van der Waals surface area contributed by atoms with E-state index in [-0.39, 0.29) is 17.4 Å². The molecule has 0 N–H and O–H groups in total. The summed E-state index contributed by atoms with van der Waals surface area (Å²) in [6, 6.07) is 11.5. The molecule has 0 aliphatic carbocycles. The van der Waals surface area contributed by atoms with Crippen molar-refractivity contribution in [2.75, 3.05) is 27.3 Å². The van der Waals surface area contributed by atoms with E-state index in [4.69, 9.17) is 25.6 Å². The maximum atomic E-state index is 13.0. The van der Waals surface area contributed by atoms with Gasteiger partial charge in [0.25, 0.3) is 0 Å². The predicted molar refractivity (Wildman–Crippen MR) is 115 cm³/mol. The first-order chi connectivity index (χ1) is 14.9. The average Bonchev–Trinajstić information content (AvgIpc) is 3.29. The lowest BCUT2D eigenvalue weighted by molar-refractivity contribution is 0.265. The summed E-state index contributed by atoms with van der Waals surface area (Å²) in [5, 5.41) is 4.57. The van der Waals surface area contributed by atoms with Crippen LogP contribution in [0.2, 0.25) is 5.02 Å². The van der Waals surface area contributed by atoms with Crippen LogP contribution < -0.4 is 9.47 Å². The third-order valence-electron chi connectivity index (χ3n) is 5.27. The van der Waals surface area contributed by atoms with Crippen LogP contribution in [-0.2, 0) is 10.0 Å². The van der Waals surface area contributed by atoms with Crippen molar-refractivity contribution in [2.24, 2.45) is 0 Å². The van der Waals surface area contributed by atoms with Crippen molar-refractivity contribution in [3.63, 3.8) is 0 Å². The minimum Gasteiger partial charge on any atom is -0.493 e. The quantitative estimate of drug-likeness (QED) is 0.545. The standard InChI is InChI=1S/C21H22ClN3O5S/c1-28-18-10-5-14(12-19(18)29-2)20-23-21(30-24-20)15-4-3-11-25(13-15)31(26,27)17-8-6-16(22)7-9-17/h5-10,12,15H,3-4,11,13H2,1-2H3. The zero-order valence-electron chi connectivity index (χ0n) is 17.1. The molecular formula is C21H22ClN3O5S. The van der Waals surface area contributed by atoms with E-state index < -0.39 is 10.0 Å². The van der Waals surface area contributed by atoms with Crippen LogP contribution in [0.3, 0.4) is 0 Å². The maximum absolute atomic E-state index is 13.0. The van der Waals surface area contributed by atoms with Crippen LogP contribution in [0.4, 0.5) is 0 Å². The second-order valence-corrected chi connectivity index (χ2v) is 9.56. The van der Waals surface area contributed by atoms with E-state index in [2.05, 4.69) is 10.1 Å². The molecule has 1 aromatic heterocycles. The van der Waals surface area contributed by atoms with Gasteiger partial charge in [0.1, 0.15) is 0 Å². The third kappa shape index (κ3) is 4.39. The summed E-state index contributed by atoms with van der Waals surface area (Å²) in [5.74, 6) is 1.81. The normalized spacial score (nSPS) is 17.5. The van der Waals surface area contributed by atoms with Gasteiger partial charge in [0.2, 0.25) is 21.7 Å². The van der Waals surface area contributed by atoms with Crippen LogP contribution in [0.5, 0.6) is 11.5 Å². The predicted octanol–water partition coefficient (Wildman–Crippen LogP) is 3.98. The number of ether oxygens (including phenoxy) is 2. The van der Waals surface area contributed by atoms with E-state index in [1.807, 2.05) is 6.07 Å². The Labute approximate surface area is 185 Å². The molecule has 0 radical (unpaired) electrons. The fraction of sp³-hybridized carbons (Fsp3) is 0.333. The number of hydrogen-bond donors (Lipinski definition) is 0. The molecule has 1 aliphatic heterocycles. The van der Waals surface area contributed by atoms with Crippen molar-refractivity contribution in [1.82, 2.24) is 14.4 Å². The number of rotatable bonds is 6. The third-order valence-corrected chi connectivity index (χ3v) is 7.40. The maximum Gasteiger partial charge on any atom is 0.243 e. The molecule has 0 spiro atoms. The summed E-state index contributed by atoms with van der Waals surface area (Å²) in [5.41, 5.74) is 0.717. The van der Waals surface area contributed by atoms with Gasteiger partial charge in [-0.3, -0.25) is 0 Å². The highest BCUT2D eigenvalue weighted by molar-refractivity contribution is 7.89. The molecule has 1 saturated heterocycles. The molecule has 0 saturated carbocycles. The van der Waals surface area contributed by atoms with Gasteiger partial charge in [-0.2, -0.15) is 9.29 Å². The number of piperidine rings is 1. The van der Waals surface area contributed by atoms with Crippen LogP contribution in [0.1, 0.15) is 24.7 Å². The van der Waals surface area contributed by atoms with E-state index in [1.54, 1.807) is 38.5 Å². The lowest BCUT2D eigenvalue weighted by atomic mass is 10.00. The minimum absolute atomic E-state index is 0.183. The highest BCUT2D eigenvalue weighted by atomic mass is 35.5. The molecule has 1 unspecified atom stereocenters. The smallest absolute Gasteiger partial charge is 0.243 e. The Morgan fingerprint density at radius 2 is 1.84 bits per heavy atom. The Hall–Kier alpha value is -2.62. The fourth-order valence-corrected chi connectivity index (χ4v) is 5.26. The molecule has 2 aromatic carbocycles. The Kier molecular flexibility index (Phi) is 6.17. The molecule has 10 heteroatoms. The van der Waals surface area contributed by atoms with Crippen molar-refractivity contribution in [2.45, 2.75) is 23.7 Å².